The maximum Gasteiger partial charge on any atom is 0.322 e. The van der Waals surface area contributed by atoms with Crippen LogP contribution in [0.3, 0.4) is 0 Å². The van der Waals surface area contributed by atoms with Crippen molar-refractivity contribution in [1.29, 1.82) is 5.26 Å². The minimum atomic E-state index is -0.188. The van der Waals surface area contributed by atoms with Crippen molar-refractivity contribution >= 4 is 11.7 Å². The molecule has 2 aliphatic rings. The van der Waals surface area contributed by atoms with Crippen molar-refractivity contribution in [2.75, 3.05) is 25.1 Å². The van der Waals surface area contributed by atoms with Crippen molar-refractivity contribution in [3.63, 3.8) is 0 Å². The highest BCUT2D eigenvalue weighted by Crippen LogP contribution is 2.47. The standard InChI is InChI=1S/C25H23N5O3/c1-16-27-11-10-23(28-16)33-14-18-13-30(25(31)29-19-8-6-17(12-26)7-9-19)24-20-4-2-3-5-22(20)32-15-21(18)24/h2-11,18,21,24H,13-15H2,1H3,(H,29,31)/t18-,21-,24-/m0/s1. The van der Waals surface area contributed by atoms with Gasteiger partial charge in [-0.1, -0.05) is 18.2 Å². The average Bonchev–Trinajstić information content (AvgIpc) is 3.23. The number of urea groups is 1. The summed E-state index contributed by atoms with van der Waals surface area (Å²) in [5.74, 6) is 2.15. The number of aromatic nitrogens is 2. The lowest BCUT2D eigenvalue weighted by Gasteiger charge is -2.34. The fourth-order valence-electron chi connectivity index (χ4n) is 4.57. The number of nitriles is 1. The minimum Gasteiger partial charge on any atom is -0.493 e. The Labute approximate surface area is 191 Å². The second kappa shape index (κ2) is 8.79. The van der Waals surface area contributed by atoms with E-state index in [0.29, 0.717) is 42.7 Å². The Bertz CT molecular complexity index is 1210. The van der Waals surface area contributed by atoms with E-state index in [0.717, 1.165) is 11.3 Å². The van der Waals surface area contributed by atoms with Gasteiger partial charge in [-0.2, -0.15) is 10.2 Å². The van der Waals surface area contributed by atoms with Crippen LogP contribution in [-0.4, -0.2) is 40.7 Å². The van der Waals surface area contributed by atoms with Crippen LogP contribution in [0.5, 0.6) is 11.6 Å². The van der Waals surface area contributed by atoms with Crippen molar-refractivity contribution in [1.82, 2.24) is 14.9 Å². The number of nitrogens with one attached hydrogen (secondary N) is 1. The molecule has 5 rings (SSSR count). The number of amides is 2. The van der Waals surface area contributed by atoms with E-state index in [1.165, 1.54) is 0 Å². The van der Waals surface area contributed by atoms with E-state index in [2.05, 4.69) is 21.4 Å². The molecule has 0 spiro atoms. The molecule has 0 aliphatic carbocycles. The van der Waals surface area contributed by atoms with E-state index in [1.54, 1.807) is 36.5 Å². The highest BCUT2D eigenvalue weighted by molar-refractivity contribution is 5.90. The Morgan fingerprint density at radius 1 is 1.24 bits per heavy atom. The van der Waals surface area contributed by atoms with Crippen LogP contribution in [0, 0.1) is 30.1 Å². The molecule has 0 unspecified atom stereocenters. The third-order valence-electron chi connectivity index (χ3n) is 6.17. The van der Waals surface area contributed by atoms with Gasteiger partial charge in [0.25, 0.3) is 0 Å². The summed E-state index contributed by atoms with van der Waals surface area (Å²) in [4.78, 5) is 23.6. The summed E-state index contributed by atoms with van der Waals surface area (Å²) in [7, 11) is 0. The van der Waals surface area contributed by atoms with Crippen LogP contribution in [0.15, 0.2) is 60.8 Å². The van der Waals surface area contributed by atoms with Gasteiger partial charge in [0, 0.05) is 41.9 Å². The Morgan fingerprint density at radius 2 is 2.06 bits per heavy atom. The van der Waals surface area contributed by atoms with E-state index in [-0.39, 0.29) is 23.9 Å². The van der Waals surface area contributed by atoms with Gasteiger partial charge < -0.3 is 19.7 Å². The zero-order valence-corrected chi connectivity index (χ0v) is 18.1. The molecule has 2 amide bonds. The third kappa shape index (κ3) is 4.17. The van der Waals surface area contributed by atoms with Gasteiger partial charge in [0.2, 0.25) is 5.88 Å². The van der Waals surface area contributed by atoms with Gasteiger partial charge in [-0.15, -0.1) is 0 Å². The number of aryl methyl sites for hydroxylation is 1. The van der Waals surface area contributed by atoms with Crippen molar-refractivity contribution in [3.8, 4) is 17.7 Å². The van der Waals surface area contributed by atoms with Gasteiger partial charge >= 0.3 is 6.03 Å². The Kier molecular flexibility index (Phi) is 5.53. The number of anilines is 1. The Hall–Kier alpha value is -4.12. The van der Waals surface area contributed by atoms with Crippen molar-refractivity contribution < 1.29 is 14.3 Å². The molecular formula is C25H23N5O3. The summed E-state index contributed by atoms with van der Waals surface area (Å²) < 4.78 is 12.0. The number of carbonyl (C=O) groups is 1. The van der Waals surface area contributed by atoms with Crippen LogP contribution in [0.2, 0.25) is 0 Å². The van der Waals surface area contributed by atoms with Crippen LogP contribution >= 0.6 is 0 Å². The lowest BCUT2D eigenvalue weighted by atomic mass is 9.86. The SMILES string of the molecule is Cc1nccc(OC[C@@H]2CN(C(=O)Nc3ccc(C#N)cc3)[C@H]3c4ccccc4OC[C@@H]23)n1. The zero-order chi connectivity index (χ0) is 22.8. The summed E-state index contributed by atoms with van der Waals surface area (Å²) in [6.07, 6.45) is 1.67. The second-order valence-electron chi connectivity index (χ2n) is 8.24. The molecule has 1 saturated heterocycles. The topological polar surface area (TPSA) is 100 Å². The maximum absolute atomic E-state index is 13.3. The van der Waals surface area contributed by atoms with E-state index in [4.69, 9.17) is 14.7 Å². The molecule has 0 bridgehead atoms. The quantitative estimate of drug-likeness (QED) is 0.658. The molecule has 1 fully saturated rings. The number of hydrogen-bond acceptors (Lipinski definition) is 6. The van der Waals surface area contributed by atoms with Gasteiger partial charge in [-0.3, -0.25) is 0 Å². The van der Waals surface area contributed by atoms with E-state index in [1.807, 2.05) is 36.1 Å². The number of hydrogen-bond donors (Lipinski definition) is 1. The van der Waals surface area contributed by atoms with Gasteiger partial charge in [0.05, 0.1) is 30.9 Å². The minimum absolute atomic E-state index is 0.0744. The first-order valence-corrected chi connectivity index (χ1v) is 10.8. The molecule has 33 heavy (non-hydrogen) atoms. The molecule has 3 aromatic rings. The smallest absolute Gasteiger partial charge is 0.322 e. The van der Waals surface area contributed by atoms with Crippen molar-refractivity contribution in [2.45, 2.75) is 13.0 Å². The van der Waals surface area contributed by atoms with Crippen LogP contribution in [-0.2, 0) is 0 Å². The molecule has 8 nitrogen and oxygen atoms in total. The van der Waals surface area contributed by atoms with Crippen molar-refractivity contribution in [3.05, 3.63) is 77.7 Å². The molecular weight excluding hydrogens is 418 g/mol. The summed E-state index contributed by atoms with van der Waals surface area (Å²) in [5.41, 5.74) is 2.20. The van der Waals surface area contributed by atoms with Gasteiger partial charge in [-0.05, 0) is 37.3 Å². The Balaban J connectivity index is 1.38. The summed E-state index contributed by atoms with van der Waals surface area (Å²) in [5, 5.41) is 12.0. The summed E-state index contributed by atoms with van der Waals surface area (Å²) >= 11 is 0. The fourth-order valence-corrected chi connectivity index (χ4v) is 4.57. The number of rotatable bonds is 4. The van der Waals surface area contributed by atoms with Crippen LogP contribution in [0.1, 0.15) is 23.0 Å². The maximum atomic E-state index is 13.3. The van der Waals surface area contributed by atoms with Gasteiger partial charge in [-0.25, -0.2) is 9.78 Å². The number of para-hydroxylation sites is 1. The van der Waals surface area contributed by atoms with Crippen LogP contribution in [0.25, 0.3) is 0 Å². The fraction of sp³-hybridized carbons (Fsp3) is 0.280. The second-order valence-corrected chi connectivity index (χ2v) is 8.24. The van der Waals surface area contributed by atoms with Gasteiger partial charge in [0.15, 0.2) is 0 Å². The molecule has 1 N–H and O–H groups in total. The van der Waals surface area contributed by atoms with E-state index in [9.17, 15) is 4.79 Å². The third-order valence-corrected chi connectivity index (χ3v) is 6.17. The van der Waals surface area contributed by atoms with Crippen molar-refractivity contribution in [2.24, 2.45) is 11.8 Å². The number of benzene rings is 2. The first-order valence-electron chi connectivity index (χ1n) is 10.8. The Morgan fingerprint density at radius 3 is 2.85 bits per heavy atom. The highest BCUT2D eigenvalue weighted by Gasteiger charge is 2.48. The molecule has 0 radical (unpaired) electrons. The number of likely N-dealkylation sites (tertiary alicyclic amines) is 1. The molecule has 3 atom stereocenters. The molecule has 0 saturated carbocycles. The number of carbonyl (C=O) groups excluding carboxylic acids is 1. The monoisotopic (exact) mass is 441 g/mol. The lowest BCUT2D eigenvalue weighted by molar-refractivity contribution is 0.128. The highest BCUT2D eigenvalue weighted by atomic mass is 16.5. The average molecular weight is 441 g/mol. The molecule has 2 aliphatic heterocycles. The first kappa shape index (κ1) is 20.8. The molecule has 3 heterocycles. The lowest BCUT2D eigenvalue weighted by Crippen LogP contribution is -2.38. The van der Waals surface area contributed by atoms with E-state index < -0.39 is 0 Å². The normalized spacial score (nSPS) is 20.7. The van der Waals surface area contributed by atoms with Gasteiger partial charge in [0.1, 0.15) is 11.6 Å². The predicted octanol–water partition coefficient (Wildman–Crippen LogP) is 3.95. The molecule has 2 aromatic carbocycles. The van der Waals surface area contributed by atoms with Crippen LogP contribution in [0.4, 0.5) is 10.5 Å². The largest absolute Gasteiger partial charge is 0.493 e. The summed E-state index contributed by atoms with van der Waals surface area (Å²) in [6.45, 7) is 3.28. The number of fused-ring (bicyclic) bond motifs is 3. The van der Waals surface area contributed by atoms with E-state index >= 15 is 0 Å². The predicted molar refractivity (Wildman–Crippen MR) is 121 cm³/mol. The summed E-state index contributed by atoms with van der Waals surface area (Å²) in [6, 6.07) is 18.2. The zero-order valence-electron chi connectivity index (χ0n) is 18.1. The number of ether oxygens (including phenoxy) is 2. The number of nitrogens with zero attached hydrogens (tertiary/aromatic N) is 4. The van der Waals surface area contributed by atoms with Crippen LogP contribution < -0.4 is 14.8 Å². The molecule has 8 heteroatoms. The molecule has 1 aromatic heterocycles. The first-order chi connectivity index (χ1) is 16.1. The molecule has 166 valence electrons.